The molecule has 0 aliphatic carbocycles. The number of alkyl halides is 1. The van der Waals surface area contributed by atoms with Gasteiger partial charge in [-0.3, -0.25) is 9.79 Å². The van der Waals surface area contributed by atoms with Gasteiger partial charge in [0.25, 0.3) is 0 Å². The molecule has 1 fully saturated rings. The first kappa shape index (κ1) is 29.1. The number of amides is 1. The molecule has 0 radical (unpaired) electrons. The zero-order valence-electron chi connectivity index (χ0n) is 21.5. The van der Waals surface area contributed by atoms with E-state index in [9.17, 15) is 4.79 Å². The fourth-order valence-corrected chi connectivity index (χ4v) is 5.47. The number of carbonyl (C=O) groups is 1. The fraction of sp³-hybridized carbons (Fsp3) is 0.846. The van der Waals surface area contributed by atoms with Crippen LogP contribution in [0.1, 0.15) is 84.5 Å². The highest BCUT2D eigenvalue weighted by Crippen LogP contribution is 2.28. The third-order valence-corrected chi connectivity index (χ3v) is 7.58. The van der Waals surface area contributed by atoms with Crippen molar-refractivity contribution in [3.8, 4) is 0 Å². The van der Waals surface area contributed by atoms with Crippen molar-refractivity contribution >= 4 is 23.7 Å². The van der Waals surface area contributed by atoms with Crippen molar-refractivity contribution in [1.29, 1.82) is 0 Å². The van der Waals surface area contributed by atoms with Gasteiger partial charge in [-0.05, 0) is 43.6 Å². The number of halogens is 1. The van der Waals surface area contributed by atoms with Gasteiger partial charge in [0.1, 0.15) is 11.8 Å². The number of nitrogens with two attached hydrogens (primary N) is 2. The summed E-state index contributed by atoms with van der Waals surface area (Å²) < 4.78 is 5.73. The van der Waals surface area contributed by atoms with E-state index in [4.69, 9.17) is 27.8 Å². The van der Waals surface area contributed by atoms with Crippen molar-refractivity contribution in [1.82, 2.24) is 10.6 Å². The number of hydrogen-bond donors (Lipinski definition) is 4. The molecule has 0 bridgehead atoms. The minimum absolute atomic E-state index is 0.0494. The Morgan fingerprint density at radius 1 is 1.24 bits per heavy atom. The highest BCUT2D eigenvalue weighted by atomic mass is 35.5. The summed E-state index contributed by atoms with van der Waals surface area (Å²) in [5.41, 5.74) is 13.6. The van der Waals surface area contributed by atoms with E-state index in [0.717, 1.165) is 56.3 Å². The lowest BCUT2D eigenvalue weighted by Gasteiger charge is -2.36. The zero-order valence-corrected chi connectivity index (χ0v) is 22.3. The fourth-order valence-electron chi connectivity index (χ4n) is 5.25. The van der Waals surface area contributed by atoms with Crippen molar-refractivity contribution in [3.05, 3.63) is 11.3 Å². The number of nitrogens with zero attached hydrogens (tertiary/aromatic N) is 1. The normalized spacial score (nSPS) is 26.8. The lowest BCUT2D eigenvalue weighted by molar-refractivity contribution is -0.127. The molecule has 2 aliphatic rings. The molecule has 2 rings (SSSR count). The molecule has 34 heavy (non-hydrogen) atoms. The average Bonchev–Trinajstić information content (AvgIpc) is 2.79. The summed E-state index contributed by atoms with van der Waals surface area (Å²) in [7, 11) is 1.66. The van der Waals surface area contributed by atoms with Crippen LogP contribution in [0.25, 0.3) is 0 Å². The van der Waals surface area contributed by atoms with Gasteiger partial charge in [-0.1, -0.05) is 52.4 Å². The highest BCUT2D eigenvalue weighted by Gasteiger charge is 2.36. The van der Waals surface area contributed by atoms with Gasteiger partial charge in [-0.2, -0.15) is 0 Å². The summed E-state index contributed by atoms with van der Waals surface area (Å²) in [5, 5.41) is 6.71. The highest BCUT2D eigenvalue weighted by molar-refractivity contribution is 6.20. The Kier molecular flexibility index (Phi) is 13.5. The molecule has 0 spiro atoms. The van der Waals surface area contributed by atoms with Crippen molar-refractivity contribution in [2.75, 3.05) is 20.2 Å². The lowest BCUT2D eigenvalue weighted by atomic mass is 9.82. The number of rotatable bonds is 13. The van der Waals surface area contributed by atoms with Gasteiger partial charge in [-0.25, -0.2) is 0 Å². The Bertz CT molecular complexity index is 670. The SMILES string of the molecule is CCCCCC1=C(OC)C(NC(=O)C(C(N)N)C2CC(CCCCC)CCC(Cl)CN2)C=NC1. The summed E-state index contributed by atoms with van der Waals surface area (Å²) in [5.74, 6) is 0.586. The second-order valence-electron chi connectivity index (χ2n) is 10.00. The predicted octanol–water partition coefficient (Wildman–Crippen LogP) is 3.84. The molecule has 196 valence electrons. The molecule has 7 nitrogen and oxygen atoms in total. The summed E-state index contributed by atoms with van der Waals surface area (Å²) in [6.45, 7) is 5.69. The lowest BCUT2D eigenvalue weighted by Crippen LogP contribution is -2.59. The summed E-state index contributed by atoms with van der Waals surface area (Å²) in [6.07, 6.45) is 13.1. The van der Waals surface area contributed by atoms with Gasteiger partial charge in [0.05, 0.1) is 25.7 Å². The van der Waals surface area contributed by atoms with Gasteiger partial charge < -0.3 is 26.8 Å². The molecular formula is C26H48ClN5O2. The van der Waals surface area contributed by atoms with E-state index in [1.54, 1.807) is 13.3 Å². The summed E-state index contributed by atoms with van der Waals surface area (Å²) in [6, 6.07) is -0.508. The van der Waals surface area contributed by atoms with E-state index in [1.807, 2.05) is 0 Å². The van der Waals surface area contributed by atoms with Crippen LogP contribution in [0.2, 0.25) is 0 Å². The number of methoxy groups -OCH3 is 1. The maximum Gasteiger partial charge on any atom is 0.228 e. The third-order valence-electron chi connectivity index (χ3n) is 7.21. The van der Waals surface area contributed by atoms with Crippen LogP contribution in [0.5, 0.6) is 0 Å². The first-order valence-electron chi connectivity index (χ1n) is 13.4. The molecule has 0 aromatic carbocycles. The molecule has 1 saturated heterocycles. The Morgan fingerprint density at radius 2 is 1.97 bits per heavy atom. The second-order valence-corrected chi connectivity index (χ2v) is 10.6. The molecule has 0 saturated carbocycles. The molecule has 5 atom stereocenters. The smallest absolute Gasteiger partial charge is 0.228 e. The van der Waals surface area contributed by atoms with Crippen molar-refractivity contribution in [3.63, 3.8) is 0 Å². The molecular weight excluding hydrogens is 450 g/mol. The largest absolute Gasteiger partial charge is 0.498 e. The van der Waals surface area contributed by atoms with Crippen LogP contribution >= 0.6 is 11.6 Å². The Balaban J connectivity index is 2.14. The number of carbonyl (C=O) groups excluding carboxylic acids is 1. The van der Waals surface area contributed by atoms with Gasteiger partial charge >= 0.3 is 0 Å². The number of unbranched alkanes of at least 4 members (excludes halogenated alkanes) is 4. The topological polar surface area (TPSA) is 115 Å². The number of dihydropyridines is 1. The van der Waals surface area contributed by atoms with Crippen LogP contribution in [-0.2, 0) is 9.53 Å². The van der Waals surface area contributed by atoms with Crippen LogP contribution in [0.3, 0.4) is 0 Å². The van der Waals surface area contributed by atoms with Crippen LogP contribution in [0, 0.1) is 11.8 Å². The van der Waals surface area contributed by atoms with Gasteiger partial charge in [0.15, 0.2) is 0 Å². The number of ether oxygens (including phenoxy) is 1. The molecule has 5 unspecified atom stereocenters. The van der Waals surface area contributed by atoms with E-state index in [0.29, 0.717) is 19.0 Å². The molecule has 2 heterocycles. The number of aliphatic imine (C=N–C) groups is 1. The van der Waals surface area contributed by atoms with Crippen LogP contribution in [0.4, 0.5) is 0 Å². The zero-order chi connectivity index (χ0) is 24.9. The molecule has 6 N–H and O–H groups in total. The van der Waals surface area contributed by atoms with E-state index in [2.05, 4.69) is 29.5 Å². The first-order chi connectivity index (χ1) is 16.4. The standard InChI is InChI=1S/C26H48ClN5O2/c1-4-6-8-10-18-12-13-20(27)16-31-21(14-18)23(25(28)29)26(33)32-22-17-30-15-19(24(22)34-3)11-9-7-5-2/h17-18,20-23,25,31H,4-16,28-29H2,1-3H3,(H,32,33). The Labute approximate surface area is 211 Å². The van der Waals surface area contributed by atoms with Crippen LogP contribution in [-0.4, -0.2) is 55.9 Å². The first-order valence-corrected chi connectivity index (χ1v) is 13.8. The van der Waals surface area contributed by atoms with Crippen LogP contribution < -0.4 is 22.1 Å². The minimum Gasteiger partial charge on any atom is -0.498 e. The van der Waals surface area contributed by atoms with Gasteiger partial charge in [0, 0.05) is 24.2 Å². The van der Waals surface area contributed by atoms with Crippen LogP contribution in [0.15, 0.2) is 16.3 Å². The number of nitrogens with one attached hydrogen (secondary N) is 2. The van der Waals surface area contributed by atoms with E-state index in [-0.39, 0.29) is 23.4 Å². The Morgan fingerprint density at radius 3 is 2.65 bits per heavy atom. The molecule has 2 aliphatic heterocycles. The van der Waals surface area contributed by atoms with E-state index < -0.39 is 12.1 Å². The molecule has 0 aromatic heterocycles. The monoisotopic (exact) mass is 497 g/mol. The molecule has 8 heteroatoms. The third kappa shape index (κ3) is 9.14. The summed E-state index contributed by atoms with van der Waals surface area (Å²) in [4.78, 5) is 18.0. The van der Waals surface area contributed by atoms with Crippen molar-refractivity contribution < 1.29 is 9.53 Å². The molecule has 1 amide bonds. The predicted molar refractivity (Wildman–Crippen MR) is 142 cm³/mol. The van der Waals surface area contributed by atoms with E-state index >= 15 is 0 Å². The van der Waals surface area contributed by atoms with Gasteiger partial charge in [-0.15, -0.1) is 11.6 Å². The second kappa shape index (κ2) is 15.8. The van der Waals surface area contributed by atoms with Crippen molar-refractivity contribution in [2.24, 2.45) is 28.3 Å². The van der Waals surface area contributed by atoms with Crippen molar-refractivity contribution in [2.45, 2.75) is 108 Å². The minimum atomic E-state index is -0.776. The molecule has 0 aromatic rings. The maximum atomic E-state index is 13.5. The summed E-state index contributed by atoms with van der Waals surface area (Å²) >= 11 is 6.55. The van der Waals surface area contributed by atoms with Gasteiger partial charge in [0.2, 0.25) is 5.91 Å². The number of hydrogen-bond acceptors (Lipinski definition) is 6. The average molecular weight is 498 g/mol. The maximum absolute atomic E-state index is 13.5. The quantitative estimate of drug-likeness (QED) is 0.175. The van der Waals surface area contributed by atoms with E-state index in [1.165, 1.54) is 25.7 Å². The Hall–Kier alpha value is -1.15.